The number of nitrogens with one attached hydrogen (secondary N) is 3. The highest BCUT2D eigenvalue weighted by Crippen LogP contribution is 2.09. The molecule has 2 rings (SSSR count). The van der Waals surface area contributed by atoms with Gasteiger partial charge in [-0.1, -0.05) is 23.7 Å². The average molecular weight is 338 g/mol. The number of aromatic nitrogens is 1. The van der Waals surface area contributed by atoms with Gasteiger partial charge in [-0.25, -0.2) is 15.2 Å². The maximum Gasteiger partial charge on any atom is 0.321 e. The summed E-state index contributed by atoms with van der Waals surface area (Å²) in [7, 11) is 0. The van der Waals surface area contributed by atoms with Crippen molar-refractivity contribution < 1.29 is 9.59 Å². The third-order valence-electron chi connectivity index (χ3n) is 2.34. The van der Waals surface area contributed by atoms with Crippen LogP contribution in [0.1, 0.15) is 5.56 Å². The summed E-state index contributed by atoms with van der Waals surface area (Å²) in [5.74, 6) is -0.445. The van der Waals surface area contributed by atoms with Gasteiger partial charge in [0.25, 0.3) is 5.91 Å². The first-order valence-corrected chi connectivity index (χ1v) is 7.41. The summed E-state index contributed by atoms with van der Waals surface area (Å²) in [6.07, 6.45) is 3.04. The van der Waals surface area contributed by atoms with Crippen LogP contribution >= 0.6 is 22.9 Å². The molecule has 0 spiro atoms. The average Bonchev–Trinajstić information content (AvgIpc) is 3.00. The Morgan fingerprint density at radius 3 is 2.77 bits per heavy atom. The zero-order chi connectivity index (χ0) is 15.8. The van der Waals surface area contributed by atoms with Crippen LogP contribution in [0, 0.1) is 0 Å². The van der Waals surface area contributed by atoms with E-state index in [-0.39, 0.29) is 6.54 Å². The lowest BCUT2D eigenvalue weighted by Crippen LogP contribution is -2.37. The molecule has 0 aliphatic carbocycles. The monoisotopic (exact) mass is 337 g/mol. The summed E-state index contributed by atoms with van der Waals surface area (Å²) in [6.45, 7) is -0.199. The fourth-order valence-electron chi connectivity index (χ4n) is 1.35. The zero-order valence-electron chi connectivity index (χ0n) is 11.2. The molecule has 0 saturated heterocycles. The number of thiazole rings is 1. The van der Waals surface area contributed by atoms with Crippen molar-refractivity contribution in [2.75, 3.05) is 11.9 Å². The topological polar surface area (TPSA) is 95.5 Å². The Labute approximate surface area is 135 Å². The van der Waals surface area contributed by atoms with E-state index in [1.54, 1.807) is 35.8 Å². The molecule has 22 heavy (non-hydrogen) atoms. The van der Waals surface area contributed by atoms with Gasteiger partial charge in [-0.2, -0.15) is 5.10 Å². The molecule has 0 aliphatic rings. The van der Waals surface area contributed by atoms with Crippen LogP contribution in [0.4, 0.5) is 9.93 Å². The number of urea groups is 1. The normalized spacial score (nSPS) is 10.4. The van der Waals surface area contributed by atoms with E-state index in [9.17, 15) is 9.59 Å². The molecule has 0 aliphatic heterocycles. The zero-order valence-corrected chi connectivity index (χ0v) is 12.8. The summed E-state index contributed by atoms with van der Waals surface area (Å²) in [5, 5.41) is 11.5. The predicted molar refractivity (Wildman–Crippen MR) is 86.3 cm³/mol. The smallest absolute Gasteiger partial charge is 0.321 e. The lowest BCUT2D eigenvalue weighted by Gasteiger charge is -2.04. The third kappa shape index (κ3) is 5.51. The van der Waals surface area contributed by atoms with E-state index in [1.807, 2.05) is 0 Å². The second kappa shape index (κ2) is 8.11. The largest absolute Gasteiger partial charge is 0.329 e. The minimum absolute atomic E-state index is 0.199. The number of rotatable bonds is 5. The van der Waals surface area contributed by atoms with Crippen LogP contribution in [0.5, 0.6) is 0 Å². The molecule has 114 valence electrons. The number of hydrogen-bond donors (Lipinski definition) is 3. The Morgan fingerprint density at radius 2 is 2.09 bits per heavy atom. The minimum atomic E-state index is -0.508. The highest BCUT2D eigenvalue weighted by atomic mass is 35.5. The molecule has 0 unspecified atom stereocenters. The Kier molecular flexibility index (Phi) is 5.87. The summed E-state index contributed by atoms with van der Waals surface area (Å²) < 4.78 is 0. The summed E-state index contributed by atoms with van der Waals surface area (Å²) in [5.41, 5.74) is 3.09. The minimum Gasteiger partial charge on any atom is -0.329 e. The molecule has 1 aromatic heterocycles. The molecule has 7 nitrogen and oxygen atoms in total. The van der Waals surface area contributed by atoms with E-state index in [0.717, 1.165) is 5.56 Å². The van der Waals surface area contributed by atoms with Gasteiger partial charge >= 0.3 is 6.03 Å². The van der Waals surface area contributed by atoms with Gasteiger partial charge in [-0.15, -0.1) is 11.3 Å². The quantitative estimate of drug-likeness (QED) is 0.575. The number of carbonyl (C=O) groups is 2. The van der Waals surface area contributed by atoms with Crippen LogP contribution in [0.3, 0.4) is 0 Å². The standard InChI is InChI=1S/C13H12ClN5O2S/c14-10-3-1-9(2-4-10)7-17-19-11(20)8-16-12(21)18-13-15-5-6-22-13/h1-7H,8H2,(H,19,20)(H2,15,16,18,21)/b17-7+. The number of nitrogens with zero attached hydrogens (tertiary/aromatic N) is 2. The number of anilines is 1. The fourth-order valence-corrected chi connectivity index (χ4v) is 2.00. The van der Waals surface area contributed by atoms with Gasteiger partial charge in [-0.3, -0.25) is 10.1 Å². The molecular weight excluding hydrogens is 326 g/mol. The Bertz CT molecular complexity index is 658. The molecular formula is C13H12ClN5O2S. The first-order valence-electron chi connectivity index (χ1n) is 6.15. The van der Waals surface area contributed by atoms with Crippen molar-refractivity contribution in [2.45, 2.75) is 0 Å². The SMILES string of the molecule is O=C(CNC(=O)Nc1nccs1)N/N=C/c1ccc(Cl)cc1. The summed E-state index contributed by atoms with van der Waals surface area (Å²) in [4.78, 5) is 26.8. The number of benzene rings is 1. The van der Waals surface area contributed by atoms with Crippen molar-refractivity contribution in [1.29, 1.82) is 0 Å². The first kappa shape index (κ1) is 15.9. The summed E-state index contributed by atoms with van der Waals surface area (Å²) >= 11 is 7.04. The van der Waals surface area contributed by atoms with Crippen LogP contribution in [-0.2, 0) is 4.79 Å². The molecule has 0 fully saturated rings. The van der Waals surface area contributed by atoms with Crippen LogP contribution < -0.4 is 16.1 Å². The number of amides is 3. The van der Waals surface area contributed by atoms with Crippen molar-refractivity contribution in [3.63, 3.8) is 0 Å². The van der Waals surface area contributed by atoms with Gasteiger partial charge in [-0.05, 0) is 17.7 Å². The second-order valence-corrected chi connectivity index (χ2v) is 5.32. The molecule has 1 aromatic carbocycles. The van der Waals surface area contributed by atoms with Crippen LogP contribution in [0.2, 0.25) is 5.02 Å². The number of halogens is 1. The molecule has 0 atom stereocenters. The molecule has 3 N–H and O–H groups in total. The van der Waals surface area contributed by atoms with Gasteiger partial charge in [0.2, 0.25) is 0 Å². The van der Waals surface area contributed by atoms with Gasteiger partial charge in [0.05, 0.1) is 6.21 Å². The maximum absolute atomic E-state index is 11.5. The molecule has 9 heteroatoms. The first-order chi connectivity index (χ1) is 10.6. The Hall–Kier alpha value is -2.45. The van der Waals surface area contributed by atoms with Crippen LogP contribution in [-0.4, -0.2) is 29.7 Å². The number of carbonyl (C=O) groups excluding carboxylic acids is 2. The van der Waals surface area contributed by atoms with Gasteiger partial charge < -0.3 is 5.32 Å². The van der Waals surface area contributed by atoms with E-state index in [4.69, 9.17) is 11.6 Å². The molecule has 0 saturated carbocycles. The number of hydrazone groups is 1. The Morgan fingerprint density at radius 1 is 1.32 bits per heavy atom. The van der Waals surface area contributed by atoms with E-state index < -0.39 is 11.9 Å². The van der Waals surface area contributed by atoms with E-state index in [0.29, 0.717) is 10.2 Å². The molecule has 1 heterocycles. The van der Waals surface area contributed by atoms with E-state index in [2.05, 4.69) is 26.1 Å². The van der Waals surface area contributed by atoms with Crippen molar-refractivity contribution >= 4 is 46.2 Å². The predicted octanol–water partition coefficient (Wildman–Crippen LogP) is 2.07. The molecule has 0 radical (unpaired) electrons. The van der Waals surface area contributed by atoms with Gasteiger partial charge in [0.1, 0.15) is 6.54 Å². The number of hydrogen-bond acceptors (Lipinski definition) is 5. The third-order valence-corrected chi connectivity index (χ3v) is 3.28. The van der Waals surface area contributed by atoms with E-state index in [1.165, 1.54) is 17.6 Å². The van der Waals surface area contributed by atoms with Crippen molar-refractivity contribution in [1.82, 2.24) is 15.7 Å². The molecule has 0 bridgehead atoms. The highest BCUT2D eigenvalue weighted by Gasteiger charge is 2.05. The lowest BCUT2D eigenvalue weighted by molar-refractivity contribution is -0.120. The van der Waals surface area contributed by atoms with Crippen molar-refractivity contribution in [3.8, 4) is 0 Å². The van der Waals surface area contributed by atoms with Gasteiger partial charge in [0.15, 0.2) is 5.13 Å². The highest BCUT2D eigenvalue weighted by molar-refractivity contribution is 7.13. The molecule has 3 amide bonds. The van der Waals surface area contributed by atoms with Crippen LogP contribution in [0.25, 0.3) is 0 Å². The van der Waals surface area contributed by atoms with Gasteiger partial charge in [0, 0.05) is 16.6 Å². The van der Waals surface area contributed by atoms with Crippen LogP contribution in [0.15, 0.2) is 40.9 Å². The summed E-state index contributed by atoms with van der Waals surface area (Å²) in [6, 6.07) is 6.45. The Balaban J connectivity index is 1.69. The second-order valence-electron chi connectivity index (χ2n) is 3.99. The van der Waals surface area contributed by atoms with Crippen molar-refractivity contribution in [3.05, 3.63) is 46.4 Å². The lowest BCUT2D eigenvalue weighted by atomic mass is 10.2. The fraction of sp³-hybridized carbons (Fsp3) is 0.0769. The maximum atomic E-state index is 11.5. The van der Waals surface area contributed by atoms with E-state index >= 15 is 0 Å². The molecule has 2 aromatic rings. The van der Waals surface area contributed by atoms with Crippen molar-refractivity contribution in [2.24, 2.45) is 5.10 Å².